The highest BCUT2D eigenvalue weighted by Gasteiger charge is 2.19. The first-order valence-electron chi connectivity index (χ1n) is 5.04. The Kier molecular flexibility index (Phi) is 3.22. The molecule has 2 rings (SSSR count). The minimum absolute atomic E-state index is 0.339. The van der Waals surface area contributed by atoms with Gasteiger partial charge in [0.15, 0.2) is 0 Å². The van der Waals surface area contributed by atoms with Crippen molar-refractivity contribution in [2.75, 3.05) is 0 Å². The summed E-state index contributed by atoms with van der Waals surface area (Å²) in [6.07, 6.45) is 0.888. The van der Waals surface area contributed by atoms with Gasteiger partial charge in [-0.1, -0.05) is 42.8 Å². The average molecular weight is 255 g/mol. The van der Waals surface area contributed by atoms with Gasteiger partial charge in [0, 0.05) is 11.6 Å². The maximum absolute atomic E-state index is 5.98. The van der Waals surface area contributed by atoms with Gasteiger partial charge in [-0.2, -0.15) is 5.10 Å². The number of benzene rings is 1. The van der Waals surface area contributed by atoms with E-state index < -0.39 is 0 Å². The summed E-state index contributed by atoms with van der Waals surface area (Å²) in [5, 5.41) is 5.41. The van der Waals surface area contributed by atoms with E-state index in [4.69, 9.17) is 23.2 Å². The molecule has 0 aliphatic carbocycles. The zero-order valence-electron chi connectivity index (χ0n) is 8.93. The molecule has 0 radical (unpaired) electrons. The fraction of sp³-hybridized carbons (Fsp3) is 0.250. The van der Waals surface area contributed by atoms with Crippen molar-refractivity contribution >= 4 is 28.9 Å². The maximum Gasteiger partial charge on any atom is 0.0711 e. The van der Waals surface area contributed by atoms with E-state index in [1.165, 1.54) is 0 Å². The van der Waals surface area contributed by atoms with E-state index in [2.05, 4.69) is 24.0 Å². The fourth-order valence-electron chi connectivity index (χ4n) is 1.77. The van der Waals surface area contributed by atoms with Gasteiger partial charge in [0.25, 0.3) is 0 Å². The van der Waals surface area contributed by atoms with Crippen LogP contribution in [-0.4, -0.2) is 5.71 Å². The van der Waals surface area contributed by atoms with Crippen molar-refractivity contribution in [1.29, 1.82) is 0 Å². The molecule has 84 valence electrons. The number of allylic oxidation sites excluding steroid dienone is 1. The molecule has 1 heterocycles. The van der Waals surface area contributed by atoms with E-state index in [-0.39, 0.29) is 0 Å². The second-order valence-electron chi connectivity index (χ2n) is 3.95. The molecule has 1 aromatic rings. The van der Waals surface area contributed by atoms with Crippen molar-refractivity contribution in [3.8, 4) is 0 Å². The summed E-state index contributed by atoms with van der Waals surface area (Å²) in [5.74, 6) is 0.339. The molecule has 2 nitrogen and oxygen atoms in total. The van der Waals surface area contributed by atoms with Gasteiger partial charge < -0.3 is 0 Å². The fourth-order valence-corrected chi connectivity index (χ4v) is 2.06. The largest absolute Gasteiger partial charge is 0.283 e. The Morgan fingerprint density at radius 1 is 1.38 bits per heavy atom. The first kappa shape index (κ1) is 11.5. The summed E-state index contributed by atoms with van der Waals surface area (Å²) in [4.78, 5) is 0. The normalized spacial score (nSPS) is 20.3. The Morgan fingerprint density at radius 2 is 2.12 bits per heavy atom. The van der Waals surface area contributed by atoms with Crippen LogP contribution in [-0.2, 0) is 0 Å². The predicted molar refractivity (Wildman–Crippen MR) is 69.1 cm³/mol. The number of rotatable bonds is 1. The molecule has 1 aliphatic heterocycles. The molecule has 0 saturated carbocycles. The van der Waals surface area contributed by atoms with Gasteiger partial charge >= 0.3 is 0 Å². The highest BCUT2D eigenvalue weighted by molar-refractivity contribution is 6.42. The zero-order chi connectivity index (χ0) is 11.7. The van der Waals surface area contributed by atoms with Gasteiger partial charge in [-0.15, -0.1) is 0 Å². The molecule has 0 saturated heterocycles. The summed E-state index contributed by atoms with van der Waals surface area (Å²) in [6, 6.07) is 5.56. The molecule has 1 aromatic carbocycles. The third-order valence-corrected chi connectivity index (χ3v) is 3.31. The van der Waals surface area contributed by atoms with Crippen molar-refractivity contribution in [2.24, 2.45) is 11.0 Å². The molecule has 0 bridgehead atoms. The minimum Gasteiger partial charge on any atom is -0.283 e. The smallest absolute Gasteiger partial charge is 0.0711 e. The molecule has 0 aromatic heterocycles. The number of hydrogen-bond acceptors (Lipinski definition) is 2. The Labute approximate surface area is 105 Å². The van der Waals surface area contributed by atoms with Crippen LogP contribution in [0.3, 0.4) is 0 Å². The van der Waals surface area contributed by atoms with Crippen LogP contribution in [0, 0.1) is 5.92 Å². The molecular formula is C12H12Cl2N2. The van der Waals surface area contributed by atoms with Crippen molar-refractivity contribution in [1.82, 2.24) is 5.43 Å². The van der Waals surface area contributed by atoms with E-state index in [0.717, 1.165) is 23.4 Å². The first-order valence-corrected chi connectivity index (χ1v) is 5.80. The monoisotopic (exact) mass is 254 g/mol. The number of halogens is 2. The highest BCUT2D eigenvalue weighted by Crippen LogP contribution is 2.26. The number of nitrogens with one attached hydrogen (secondary N) is 1. The van der Waals surface area contributed by atoms with Gasteiger partial charge in [-0.3, -0.25) is 5.43 Å². The second kappa shape index (κ2) is 4.48. The first-order chi connectivity index (χ1) is 7.58. The average Bonchev–Trinajstić information content (AvgIpc) is 2.22. The zero-order valence-corrected chi connectivity index (χ0v) is 10.4. The molecule has 0 amide bonds. The van der Waals surface area contributed by atoms with Crippen LogP contribution in [0.15, 0.2) is 35.6 Å². The van der Waals surface area contributed by atoms with E-state index in [9.17, 15) is 0 Å². The standard InChI is InChI=1S/C12H12Cl2N2/c1-7-5-8(2)15-16-12(7)9-3-4-10(13)11(14)6-9/h3-4,6-7,15H,2,5H2,1H3/t7-/m1/s1. The van der Waals surface area contributed by atoms with Gasteiger partial charge in [0.1, 0.15) is 0 Å². The summed E-state index contributed by atoms with van der Waals surface area (Å²) in [6.45, 7) is 5.98. The molecule has 1 aliphatic rings. The van der Waals surface area contributed by atoms with Crippen molar-refractivity contribution < 1.29 is 0 Å². The lowest BCUT2D eigenvalue weighted by atomic mass is 9.93. The van der Waals surface area contributed by atoms with Crippen LogP contribution in [0.2, 0.25) is 10.0 Å². The summed E-state index contributed by atoms with van der Waals surface area (Å²) < 4.78 is 0. The van der Waals surface area contributed by atoms with Crippen LogP contribution < -0.4 is 5.43 Å². The lowest BCUT2D eigenvalue weighted by Gasteiger charge is -2.22. The summed E-state index contributed by atoms with van der Waals surface area (Å²) >= 11 is 11.9. The Balaban J connectivity index is 2.37. The molecule has 1 N–H and O–H groups in total. The lowest BCUT2D eigenvalue weighted by molar-refractivity contribution is 0.653. The van der Waals surface area contributed by atoms with Crippen molar-refractivity contribution in [2.45, 2.75) is 13.3 Å². The molecule has 16 heavy (non-hydrogen) atoms. The third kappa shape index (κ3) is 2.23. The predicted octanol–water partition coefficient (Wildman–Crippen LogP) is 3.84. The molecule has 0 unspecified atom stereocenters. The van der Waals surface area contributed by atoms with Crippen LogP contribution in [0.25, 0.3) is 0 Å². The Morgan fingerprint density at radius 3 is 2.75 bits per heavy atom. The number of hydrazone groups is 1. The molecular weight excluding hydrogens is 243 g/mol. The Hall–Kier alpha value is -0.990. The lowest BCUT2D eigenvalue weighted by Crippen LogP contribution is -2.25. The summed E-state index contributed by atoms with van der Waals surface area (Å²) in [5.41, 5.74) is 5.85. The topological polar surface area (TPSA) is 24.4 Å². The van der Waals surface area contributed by atoms with Gasteiger partial charge in [0.2, 0.25) is 0 Å². The van der Waals surface area contributed by atoms with Crippen molar-refractivity contribution in [3.05, 3.63) is 46.1 Å². The molecule has 0 spiro atoms. The van der Waals surface area contributed by atoms with Gasteiger partial charge in [-0.25, -0.2) is 0 Å². The van der Waals surface area contributed by atoms with Crippen molar-refractivity contribution in [3.63, 3.8) is 0 Å². The van der Waals surface area contributed by atoms with Crippen LogP contribution in [0.1, 0.15) is 18.9 Å². The highest BCUT2D eigenvalue weighted by atomic mass is 35.5. The second-order valence-corrected chi connectivity index (χ2v) is 4.76. The molecule has 1 atom stereocenters. The van der Waals surface area contributed by atoms with Crippen LogP contribution in [0.4, 0.5) is 0 Å². The van der Waals surface area contributed by atoms with Crippen LogP contribution in [0.5, 0.6) is 0 Å². The third-order valence-electron chi connectivity index (χ3n) is 2.57. The molecule has 0 fully saturated rings. The molecule has 4 heteroatoms. The maximum atomic E-state index is 5.98. The van der Waals surface area contributed by atoms with E-state index in [1.54, 1.807) is 6.07 Å². The minimum atomic E-state index is 0.339. The quantitative estimate of drug-likeness (QED) is 0.810. The van der Waals surface area contributed by atoms with E-state index >= 15 is 0 Å². The van der Waals surface area contributed by atoms with E-state index in [0.29, 0.717) is 16.0 Å². The Bertz CT molecular complexity index is 466. The van der Waals surface area contributed by atoms with Crippen LogP contribution >= 0.6 is 23.2 Å². The SMILES string of the molecule is C=C1C[C@@H](C)C(c2ccc(Cl)c(Cl)c2)=NN1. The van der Waals surface area contributed by atoms with E-state index in [1.807, 2.05) is 12.1 Å². The number of nitrogens with zero attached hydrogens (tertiary/aromatic N) is 1. The summed E-state index contributed by atoms with van der Waals surface area (Å²) in [7, 11) is 0. The number of hydrogen-bond donors (Lipinski definition) is 1. The van der Waals surface area contributed by atoms with Gasteiger partial charge in [-0.05, 0) is 24.1 Å². The van der Waals surface area contributed by atoms with Gasteiger partial charge in [0.05, 0.1) is 15.8 Å².